The molecule has 0 radical (unpaired) electrons. The number of Topliss-reactive ketones (excluding diaryl/α,β-unsaturated/α-hetero) is 2. The summed E-state index contributed by atoms with van der Waals surface area (Å²) in [5, 5.41) is 0. The van der Waals surface area contributed by atoms with Crippen LogP contribution in [0.3, 0.4) is 0 Å². The van der Waals surface area contributed by atoms with E-state index in [2.05, 4.69) is 0 Å². The molecule has 0 N–H and O–H groups in total. The Labute approximate surface area is 84.6 Å². The molecule has 1 aromatic carbocycles. The molecule has 0 unspecified atom stereocenters. The summed E-state index contributed by atoms with van der Waals surface area (Å²) in [6.07, 6.45) is 0. The van der Waals surface area contributed by atoms with E-state index in [0.29, 0.717) is 0 Å². The third kappa shape index (κ3) is 2.25. The lowest BCUT2D eigenvalue weighted by molar-refractivity contribution is -0.126. The van der Waals surface area contributed by atoms with E-state index in [1.807, 2.05) is 0 Å². The second-order valence-corrected chi connectivity index (χ2v) is 2.69. The number of hydrogen-bond acceptors (Lipinski definition) is 2. The van der Waals surface area contributed by atoms with E-state index >= 15 is 0 Å². The van der Waals surface area contributed by atoms with Gasteiger partial charge in [0.05, 0.1) is 6.85 Å². The first kappa shape index (κ1) is 4.70. The average Bonchev–Trinajstić information content (AvgIpc) is 2.28. The fourth-order valence-electron chi connectivity index (χ4n) is 1.10. The highest BCUT2D eigenvalue weighted by molar-refractivity contribution is 6.05. The summed E-state index contributed by atoms with van der Waals surface area (Å²) in [5.74, 6) is -2.39. The van der Waals surface area contributed by atoms with E-state index in [1.165, 1.54) is 0 Å². The molecule has 0 saturated carbocycles. The van der Waals surface area contributed by atoms with Crippen molar-refractivity contribution >= 4 is 11.6 Å². The monoisotopic (exact) mass is 181 g/mol. The molecule has 0 aliphatic rings. The molecule has 0 aromatic heterocycles. The van der Waals surface area contributed by atoms with Gasteiger partial charge in [-0.05, 0) is 19.4 Å². The fraction of sp³-hybridized carbons (Fsp3) is 0.273. The van der Waals surface area contributed by atoms with Gasteiger partial charge in [0.2, 0.25) is 0 Å². The number of carbonyl (C=O) groups excluding carboxylic acids is 2. The summed E-state index contributed by atoms with van der Waals surface area (Å²) in [5.41, 5.74) is -0.249. The summed E-state index contributed by atoms with van der Waals surface area (Å²) in [7, 11) is 0. The minimum atomic E-state index is -1.31. The molecular weight excluding hydrogens is 164 g/mol. The first-order chi connectivity index (χ1) is 8.20. The first-order valence-corrected chi connectivity index (χ1v) is 3.77. The summed E-state index contributed by atoms with van der Waals surface area (Å²) >= 11 is 0. The van der Waals surface area contributed by atoms with Crippen LogP contribution in [0.4, 0.5) is 0 Å². The molecule has 0 saturated heterocycles. The van der Waals surface area contributed by atoms with Gasteiger partial charge < -0.3 is 0 Å². The summed E-state index contributed by atoms with van der Waals surface area (Å²) in [6.45, 7) is 2.32. The first-order valence-electron chi connectivity index (χ1n) is 6.27. The highest BCUT2D eigenvalue weighted by Crippen LogP contribution is 2.17. The van der Waals surface area contributed by atoms with E-state index in [9.17, 15) is 9.59 Å². The summed E-state index contributed by atoms with van der Waals surface area (Å²) < 4.78 is 37.7. The number of carbonyl (C=O) groups is 2. The van der Waals surface area contributed by atoms with Crippen molar-refractivity contribution in [2.45, 2.75) is 19.8 Å². The molecule has 13 heavy (non-hydrogen) atoms. The number of hydrogen-bond donors (Lipinski definition) is 0. The maximum atomic E-state index is 11.4. The Hall–Kier alpha value is -1.44. The topological polar surface area (TPSA) is 34.1 Å². The van der Waals surface area contributed by atoms with Crippen LogP contribution >= 0.6 is 0 Å². The average molecular weight is 181 g/mol. The fourth-order valence-corrected chi connectivity index (χ4v) is 1.10. The number of rotatable bonds is 3. The van der Waals surface area contributed by atoms with Crippen LogP contribution in [-0.2, 0) is 9.59 Å². The Balaban J connectivity index is 3.69. The predicted molar refractivity (Wildman–Crippen MR) is 50.5 cm³/mol. The Morgan fingerprint density at radius 1 is 1.15 bits per heavy atom. The molecule has 0 bridgehead atoms. The van der Waals surface area contributed by atoms with E-state index < -0.39 is 47.7 Å². The standard InChI is InChI=1S/C11H12O2/c1-8(12)11(9(2)13)10-6-4-3-5-7-10/h3-7,11H,1-2H3/i3D,4D,5D,6D,7D. The quantitative estimate of drug-likeness (QED) is 0.668. The third-order valence-electron chi connectivity index (χ3n) is 1.62. The number of ketones is 2. The van der Waals surface area contributed by atoms with Crippen LogP contribution < -0.4 is 0 Å². The van der Waals surface area contributed by atoms with Crippen molar-refractivity contribution in [1.29, 1.82) is 0 Å². The van der Waals surface area contributed by atoms with Gasteiger partial charge in [-0.3, -0.25) is 9.59 Å². The van der Waals surface area contributed by atoms with Crippen LogP contribution in [0, 0.1) is 0 Å². The van der Waals surface area contributed by atoms with Crippen molar-refractivity contribution in [3.63, 3.8) is 0 Å². The third-order valence-corrected chi connectivity index (χ3v) is 1.62. The zero-order valence-electron chi connectivity index (χ0n) is 12.4. The van der Waals surface area contributed by atoms with Gasteiger partial charge in [-0.2, -0.15) is 0 Å². The molecule has 0 spiro atoms. The molecule has 1 rings (SSSR count). The van der Waals surface area contributed by atoms with Gasteiger partial charge in [-0.1, -0.05) is 30.2 Å². The molecule has 0 aliphatic carbocycles. The van der Waals surface area contributed by atoms with Crippen LogP contribution in [0.5, 0.6) is 0 Å². The lowest BCUT2D eigenvalue weighted by Gasteiger charge is -2.09. The van der Waals surface area contributed by atoms with Crippen LogP contribution in [0.2, 0.25) is 0 Å². The Morgan fingerprint density at radius 2 is 1.62 bits per heavy atom. The van der Waals surface area contributed by atoms with Gasteiger partial charge in [0.15, 0.2) is 0 Å². The van der Waals surface area contributed by atoms with Crippen molar-refractivity contribution in [2.75, 3.05) is 0 Å². The molecule has 1 aromatic rings. The van der Waals surface area contributed by atoms with Gasteiger partial charge in [-0.25, -0.2) is 0 Å². The van der Waals surface area contributed by atoms with Crippen LogP contribution in [0.1, 0.15) is 32.2 Å². The van der Waals surface area contributed by atoms with Crippen LogP contribution in [-0.4, -0.2) is 11.6 Å². The predicted octanol–water partition coefficient (Wildman–Crippen LogP) is 1.95. The summed E-state index contributed by atoms with van der Waals surface area (Å²) in [6, 6.07) is -2.63. The van der Waals surface area contributed by atoms with Crippen molar-refractivity contribution in [1.82, 2.24) is 0 Å². The Bertz CT molecular complexity index is 496. The van der Waals surface area contributed by atoms with Crippen molar-refractivity contribution in [3.8, 4) is 0 Å². The maximum Gasteiger partial charge on any atom is 0.144 e. The summed E-state index contributed by atoms with van der Waals surface area (Å²) in [4.78, 5) is 22.9. The van der Waals surface area contributed by atoms with Crippen LogP contribution in [0.15, 0.2) is 30.2 Å². The molecule has 0 atom stereocenters. The highest BCUT2D eigenvalue weighted by atomic mass is 16.1. The van der Waals surface area contributed by atoms with E-state index in [1.54, 1.807) is 0 Å². The molecular formula is C11H12O2. The molecule has 2 heteroatoms. The van der Waals surface area contributed by atoms with Gasteiger partial charge in [0, 0.05) is 0 Å². The molecule has 2 nitrogen and oxygen atoms in total. The van der Waals surface area contributed by atoms with Gasteiger partial charge in [0.1, 0.15) is 17.5 Å². The second-order valence-electron chi connectivity index (χ2n) is 2.69. The van der Waals surface area contributed by atoms with E-state index in [4.69, 9.17) is 6.85 Å². The van der Waals surface area contributed by atoms with Gasteiger partial charge in [-0.15, -0.1) is 0 Å². The van der Waals surface area contributed by atoms with Crippen molar-refractivity contribution in [3.05, 3.63) is 35.8 Å². The van der Waals surface area contributed by atoms with E-state index in [0.717, 1.165) is 13.8 Å². The Morgan fingerprint density at radius 3 is 2.00 bits per heavy atom. The second kappa shape index (κ2) is 3.99. The molecule has 68 valence electrons. The van der Waals surface area contributed by atoms with Gasteiger partial charge in [0.25, 0.3) is 0 Å². The molecule has 0 fully saturated rings. The number of benzene rings is 1. The SMILES string of the molecule is [2H]c1c([2H])c([2H])c(C(C(C)=O)C(C)=O)c([2H])c1[2H]. The normalized spacial score (nSPS) is 15.5. The minimum absolute atomic E-state index is 0.249. The smallest absolute Gasteiger partial charge is 0.144 e. The Kier molecular flexibility index (Phi) is 1.44. The largest absolute Gasteiger partial charge is 0.299 e. The lowest BCUT2D eigenvalue weighted by atomic mass is 9.92. The van der Waals surface area contributed by atoms with Crippen molar-refractivity contribution in [2.24, 2.45) is 0 Å². The molecule has 0 aliphatic heterocycles. The zero-order valence-corrected chi connectivity index (χ0v) is 7.39. The maximum absolute atomic E-state index is 11.4. The highest BCUT2D eigenvalue weighted by Gasteiger charge is 2.20. The van der Waals surface area contributed by atoms with E-state index in [-0.39, 0.29) is 5.56 Å². The molecule has 0 heterocycles. The molecule has 0 amide bonds. The van der Waals surface area contributed by atoms with Gasteiger partial charge >= 0.3 is 0 Å². The van der Waals surface area contributed by atoms with Crippen molar-refractivity contribution < 1.29 is 16.4 Å². The minimum Gasteiger partial charge on any atom is -0.299 e. The zero-order chi connectivity index (χ0) is 14.2. The lowest BCUT2D eigenvalue weighted by Crippen LogP contribution is -2.16. The van der Waals surface area contributed by atoms with Crippen LogP contribution in [0.25, 0.3) is 0 Å².